The van der Waals surface area contributed by atoms with Crippen LogP contribution in [0.15, 0.2) is 60.7 Å². The normalized spacial score (nSPS) is 13.4. The van der Waals surface area contributed by atoms with Gasteiger partial charge in [-0.15, -0.1) is 0 Å². The molecule has 0 spiro atoms. The van der Waals surface area contributed by atoms with Crippen molar-refractivity contribution in [3.05, 3.63) is 71.8 Å². The minimum absolute atomic E-state index is 0.123. The van der Waals surface area contributed by atoms with Crippen LogP contribution in [0.25, 0.3) is 0 Å². The highest BCUT2D eigenvalue weighted by molar-refractivity contribution is 5.83. The van der Waals surface area contributed by atoms with Gasteiger partial charge in [0.15, 0.2) is 0 Å². The fourth-order valence-electron chi connectivity index (χ4n) is 2.16. The first-order valence-electron chi connectivity index (χ1n) is 6.96. The largest absolute Gasteiger partial charge is 0.394 e. The topological polar surface area (TPSA) is 75.4 Å². The van der Waals surface area contributed by atoms with Crippen molar-refractivity contribution in [2.75, 3.05) is 6.61 Å². The van der Waals surface area contributed by atoms with Crippen LogP contribution < -0.4 is 11.1 Å². The minimum atomic E-state index is -0.726. The van der Waals surface area contributed by atoms with E-state index in [4.69, 9.17) is 5.73 Å². The van der Waals surface area contributed by atoms with Crippen molar-refractivity contribution in [2.24, 2.45) is 5.73 Å². The molecule has 0 radical (unpaired) electrons. The molecule has 4 N–H and O–H groups in total. The van der Waals surface area contributed by atoms with Crippen molar-refractivity contribution >= 4 is 5.91 Å². The van der Waals surface area contributed by atoms with E-state index in [-0.39, 0.29) is 18.6 Å². The van der Waals surface area contributed by atoms with Gasteiger partial charge < -0.3 is 16.2 Å². The lowest BCUT2D eigenvalue weighted by Gasteiger charge is -2.19. The van der Waals surface area contributed by atoms with Crippen LogP contribution in [0.1, 0.15) is 17.2 Å². The van der Waals surface area contributed by atoms with Gasteiger partial charge in [0.1, 0.15) is 6.04 Å². The number of carbonyl (C=O) groups excluding carboxylic acids is 1. The van der Waals surface area contributed by atoms with Crippen LogP contribution in [-0.2, 0) is 11.2 Å². The van der Waals surface area contributed by atoms with Gasteiger partial charge in [0, 0.05) is 0 Å². The van der Waals surface area contributed by atoms with Crippen molar-refractivity contribution in [1.29, 1.82) is 0 Å². The molecule has 0 aliphatic heterocycles. The number of carbonyl (C=O) groups is 1. The smallest absolute Gasteiger partial charge is 0.241 e. The van der Waals surface area contributed by atoms with Crippen molar-refractivity contribution in [2.45, 2.75) is 18.5 Å². The van der Waals surface area contributed by atoms with E-state index in [1.54, 1.807) is 0 Å². The Balaban J connectivity index is 1.96. The molecule has 2 aromatic rings. The summed E-state index contributed by atoms with van der Waals surface area (Å²) in [5.74, 6) is -0.281. The maximum Gasteiger partial charge on any atom is 0.241 e. The highest BCUT2D eigenvalue weighted by Gasteiger charge is 2.19. The van der Waals surface area contributed by atoms with Crippen molar-refractivity contribution in [1.82, 2.24) is 5.32 Å². The lowest BCUT2D eigenvalue weighted by atomic mass is 10.0. The van der Waals surface area contributed by atoms with Crippen molar-refractivity contribution < 1.29 is 9.90 Å². The number of aliphatic hydroxyl groups is 1. The quantitative estimate of drug-likeness (QED) is 0.750. The summed E-state index contributed by atoms with van der Waals surface area (Å²) < 4.78 is 0. The molecule has 2 atom stereocenters. The maximum atomic E-state index is 12.2. The molecule has 4 heteroatoms. The van der Waals surface area contributed by atoms with Gasteiger partial charge in [-0.25, -0.2) is 0 Å². The third-order valence-corrected chi connectivity index (χ3v) is 3.33. The first-order valence-corrected chi connectivity index (χ1v) is 6.96. The molecule has 0 heterocycles. The van der Waals surface area contributed by atoms with Crippen molar-refractivity contribution in [3.8, 4) is 0 Å². The van der Waals surface area contributed by atoms with E-state index in [0.29, 0.717) is 6.42 Å². The second kappa shape index (κ2) is 7.57. The predicted octanol–water partition coefficient (Wildman–Crippen LogP) is 1.41. The van der Waals surface area contributed by atoms with E-state index >= 15 is 0 Å². The van der Waals surface area contributed by atoms with Crippen LogP contribution in [0.4, 0.5) is 0 Å². The van der Waals surface area contributed by atoms with Gasteiger partial charge in [-0.3, -0.25) is 4.79 Å². The lowest BCUT2D eigenvalue weighted by Crippen LogP contribution is -2.43. The van der Waals surface area contributed by atoms with Crippen LogP contribution in [0, 0.1) is 0 Å². The first kappa shape index (κ1) is 15.2. The van der Waals surface area contributed by atoms with Crippen LogP contribution in [0.2, 0.25) is 0 Å². The summed E-state index contributed by atoms with van der Waals surface area (Å²) in [5, 5.41) is 12.2. The molecule has 0 aliphatic rings. The minimum Gasteiger partial charge on any atom is -0.394 e. The Morgan fingerprint density at radius 2 is 1.62 bits per heavy atom. The van der Waals surface area contributed by atoms with Gasteiger partial charge in [-0.2, -0.15) is 0 Å². The van der Waals surface area contributed by atoms with E-state index in [1.807, 2.05) is 60.7 Å². The molecular formula is C17H20N2O2. The number of benzene rings is 2. The van der Waals surface area contributed by atoms with Gasteiger partial charge in [0.05, 0.1) is 12.6 Å². The third kappa shape index (κ3) is 4.41. The highest BCUT2D eigenvalue weighted by Crippen LogP contribution is 2.10. The molecule has 0 saturated heterocycles. The average molecular weight is 284 g/mol. The van der Waals surface area contributed by atoms with Crippen LogP contribution in [0.5, 0.6) is 0 Å². The lowest BCUT2D eigenvalue weighted by molar-refractivity contribution is -0.123. The summed E-state index contributed by atoms with van der Waals surface area (Å²) in [5.41, 5.74) is 7.76. The Labute approximate surface area is 124 Å². The van der Waals surface area contributed by atoms with Crippen LogP contribution in [-0.4, -0.2) is 23.7 Å². The molecule has 0 fully saturated rings. The number of hydrogen-bond donors (Lipinski definition) is 3. The molecule has 2 aromatic carbocycles. The van der Waals surface area contributed by atoms with Gasteiger partial charge >= 0.3 is 0 Å². The molecule has 2 rings (SSSR count). The summed E-state index contributed by atoms with van der Waals surface area (Å²) in [4.78, 5) is 12.2. The zero-order chi connectivity index (χ0) is 15.1. The molecule has 0 aromatic heterocycles. The molecule has 4 nitrogen and oxygen atoms in total. The highest BCUT2D eigenvalue weighted by atomic mass is 16.3. The Morgan fingerprint density at radius 1 is 1.05 bits per heavy atom. The van der Waals surface area contributed by atoms with E-state index in [1.165, 1.54) is 0 Å². The molecule has 110 valence electrons. The molecule has 0 bridgehead atoms. The number of nitrogens with two attached hydrogens (primary N) is 1. The van der Waals surface area contributed by atoms with E-state index in [0.717, 1.165) is 11.1 Å². The van der Waals surface area contributed by atoms with Crippen LogP contribution in [0.3, 0.4) is 0 Å². The second-order valence-electron chi connectivity index (χ2n) is 4.97. The monoisotopic (exact) mass is 284 g/mol. The number of aliphatic hydroxyl groups excluding tert-OH is 1. The fourth-order valence-corrected chi connectivity index (χ4v) is 2.16. The van der Waals surface area contributed by atoms with Gasteiger partial charge in [-0.05, 0) is 17.5 Å². The molecule has 1 amide bonds. The molecule has 21 heavy (non-hydrogen) atoms. The van der Waals surface area contributed by atoms with Crippen molar-refractivity contribution in [3.63, 3.8) is 0 Å². The maximum absolute atomic E-state index is 12.2. The molecule has 0 saturated carbocycles. The zero-order valence-corrected chi connectivity index (χ0v) is 11.8. The average Bonchev–Trinajstić information content (AvgIpc) is 2.55. The predicted molar refractivity (Wildman–Crippen MR) is 82.5 cm³/mol. The molecular weight excluding hydrogens is 264 g/mol. The summed E-state index contributed by atoms with van der Waals surface area (Å²) in [6.45, 7) is -0.123. The first-order chi connectivity index (χ1) is 10.2. The molecule has 0 aliphatic carbocycles. The second-order valence-corrected chi connectivity index (χ2v) is 4.97. The number of hydrogen-bond acceptors (Lipinski definition) is 3. The summed E-state index contributed by atoms with van der Waals surface area (Å²) in [7, 11) is 0. The van der Waals surface area contributed by atoms with Crippen LogP contribution >= 0.6 is 0 Å². The van der Waals surface area contributed by atoms with Gasteiger partial charge in [-0.1, -0.05) is 60.7 Å². The fraction of sp³-hybridized carbons (Fsp3) is 0.235. The summed E-state index contributed by atoms with van der Waals surface area (Å²) in [6.07, 6.45) is 0.574. The Bertz CT molecular complexity index is 558. The molecule has 1 unspecified atom stereocenters. The van der Waals surface area contributed by atoms with E-state index < -0.39 is 6.04 Å². The zero-order valence-electron chi connectivity index (χ0n) is 11.8. The van der Waals surface area contributed by atoms with E-state index in [9.17, 15) is 9.90 Å². The summed E-state index contributed by atoms with van der Waals surface area (Å²) in [6, 6.07) is 17.9. The number of rotatable bonds is 6. The summed E-state index contributed by atoms with van der Waals surface area (Å²) >= 11 is 0. The Hall–Kier alpha value is -2.17. The Kier molecular flexibility index (Phi) is 5.49. The number of amides is 1. The van der Waals surface area contributed by atoms with Gasteiger partial charge in [0.2, 0.25) is 5.91 Å². The Morgan fingerprint density at radius 3 is 2.19 bits per heavy atom. The standard InChI is InChI=1S/C17H20N2O2/c18-16(14-9-5-2-6-10-14)17(21)19-15(12-20)11-13-7-3-1-4-8-13/h1-10,15-16,20H,11-12,18H2,(H,19,21)/t15-,16?/m0/s1. The SMILES string of the molecule is NC(C(=O)N[C@H](CO)Cc1ccccc1)c1ccccc1. The third-order valence-electron chi connectivity index (χ3n) is 3.33. The number of nitrogens with one attached hydrogen (secondary N) is 1. The van der Waals surface area contributed by atoms with Gasteiger partial charge in [0.25, 0.3) is 0 Å². The van der Waals surface area contributed by atoms with E-state index in [2.05, 4.69) is 5.32 Å².